The number of anilines is 1. The molecule has 238 valence electrons. The molecule has 47 heavy (non-hydrogen) atoms. The van der Waals surface area contributed by atoms with Crippen molar-refractivity contribution >= 4 is 27.5 Å². The molecule has 0 bridgehead atoms. The Morgan fingerprint density at radius 2 is 1.49 bits per heavy atom. The summed E-state index contributed by atoms with van der Waals surface area (Å²) in [4.78, 5) is 2.58. The molecule has 2 aliphatic rings. The van der Waals surface area contributed by atoms with E-state index < -0.39 is 0 Å². The van der Waals surface area contributed by atoms with Crippen molar-refractivity contribution in [2.24, 2.45) is 5.92 Å². The number of fused-ring (bicyclic) bond motifs is 7. The van der Waals surface area contributed by atoms with Crippen LogP contribution in [0.4, 0.5) is 5.69 Å². The molecule has 0 saturated carbocycles. The fourth-order valence-electron chi connectivity index (χ4n) is 8.36. The van der Waals surface area contributed by atoms with E-state index in [1.54, 1.807) is 21.3 Å². The summed E-state index contributed by atoms with van der Waals surface area (Å²) >= 11 is 0. The average Bonchev–Trinajstić information content (AvgIpc) is 3.60. The van der Waals surface area contributed by atoms with Crippen LogP contribution in [0.25, 0.3) is 21.8 Å². The molecule has 2 atom stereocenters. The second-order valence-corrected chi connectivity index (χ2v) is 13.0. The van der Waals surface area contributed by atoms with Crippen LogP contribution in [0.3, 0.4) is 0 Å². The lowest BCUT2D eigenvalue weighted by Crippen LogP contribution is -2.38. The molecular weight excluding hydrogens is 582 g/mol. The number of aryl methyl sites for hydroxylation is 1. The van der Waals surface area contributed by atoms with Gasteiger partial charge in [-0.25, -0.2) is 9.13 Å². The number of nitrogens with zero attached hydrogens (tertiary/aromatic N) is 3. The highest BCUT2D eigenvalue weighted by atomic mass is 16.5. The highest BCUT2D eigenvalue weighted by Gasteiger charge is 2.42. The monoisotopic (exact) mass is 624 g/mol. The zero-order chi connectivity index (χ0) is 32.1. The minimum absolute atomic E-state index is 0.316. The lowest BCUT2D eigenvalue weighted by molar-refractivity contribution is -0.669. The van der Waals surface area contributed by atoms with Crippen LogP contribution in [0.15, 0.2) is 97.1 Å². The summed E-state index contributed by atoms with van der Waals surface area (Å²) in [6, 6.07) is 35.2. The van der Waals surface area contributed by atoms with Gasteiger partial charge in [0.05, 0.1) is 33.6 Å². The lowest BCUT2D eigenvalue weighted by Gasteiger charge is -2.39. The number of hydrogen-bond donors (Lipinski definition) is 0. The van der Waals surface area contributed by atoms with Crippen LogP contribution in [0.2, 0.25) is 0 Å². The Labute approximate surface area is 276 Å². The van der Waals surface area contributed by atoms with Crippen LogP contribution in [-0.2, 0) is 19.5 Å². The molecule has 0 saturated heterocycles. The quantitative estimate of drug-likeness (QED) is 0.155. The van der Waals surface area contributed by atoms with Gasteiger partial charge in [0.2, 0.25) is 0 Å². The van der Waals surface area contributed by atoms with Gasteiger partial charge in [0, 0.05) is 32.4 Å². The zero-order valence-corrected chi connectivity index (χ0v) is 27.7. The Morgan fingerprint density at radius 3 is 2.32 bits per heavy atom. The topological polar surface area (TPSA) is 39.7 Å². The Balaban J connectivity index is 1.07. The smallest absolute Gasteiger partial charge is 0.254 e. The van der Waals surface area contributed by atoms with Crippen LogP contribution in [-0.4, -0.2) is 39.0 Å². The van der Waals surface area contributed by atoms with Crippen LogP contribution < -0.4 is 23.7 Å². The number of para-hydroxylation sites is 3. The van der Waals surface area contributed by atoms with Gasteiger partial charge >= 0.3 is 0 Å². The summed E-state index contributed by atoms with van der Waals surface area (Å²) in [5.74, 6) is 4.64. The zero-order valence-electron chi connectivity index (χ0n) is 27.7. The predicted molar refractivity (Wildman–Crippen MR) is 188 cm³/mol. The molecule has 0 radical (unpaired) electrons. The van der Waals surface area contributed by atoms with Gasteiger partial charge in [-0.1, -0.05) is 60.7 Å². The van der Waals surface area contributed by atoms with Gasteiger partial charge in [0.1, 0.15) is 12.3 Å². The minimum atomic E-state index is 0.316. The molecule has 0 spiro atoms. The highest BCUT2D eigenvalue weighted by Crippen LogP contribution is 2.53. The van der Waals surface area contributed by atoms with E-state index >= 15 is 0 Å². The summed E-state index contributed by atoms with van der Waals surface area (Å²) in [7, 11) is 5.23. The van der Waals surface area contributed by atoms with Crippen molar-refractivity contribution in [2.75, 3.05) is 39.3 Å². The number of benzene rings is 5. The fraction of sp³-hybridized carbons (Fsp3) is 0.293. The van der Waals surface area contributed by atoms with Gasteiger partial charge in [0.15, 0.2) is 22.5 Å². The van der Waals surface area contributed by atoms with E-state index in [2.05, 4.69) is 118 Å². The summed E-state index contributed by atoms with van der Waals surface area (Å²) in [6.07, 6.45) is 2.06. The molecule has 0 N–H and O–H groups in total. The molecular formula is C41H42N3O3+. The third kappa shape index (κ3) is 4.98. The van der Waals surface area contributed by atoms with Crippen molar-refractivity contribution in [3.8, 4) is 17.2 Å². The number of hydrogen-bond acceptors (Lipinski definition) is 4. The number of aromatic nitrogens is 2. The van der Waals surface area contributed by atoms with Gasteiger partial charge in [-0.05, 0) is 81.8 Å². The van der Waals surface area contributed by atoms with E-state index in [9.17, 15) is 0 Å². The normalized spacial score (nSPS) is 16.6. The van der Waals surface area contributed by atoms with Crippen LogP contribution in [0, 0.1) is 12.8 Å². The van der Waals surface area contributed by atoms with Gasteiger partial charge in [-0.3, -0.25) is 0 Å². The van der Waals surface area contributed by atoms with Crippen molar-refractivity contribution in [3.05, 3.63) is 125 Å². The number of rotatable bonds is 9. The van der Waals surface area contributed by atoms with E-state index in [0.717, 1.165) is 56.3 Å². The molecule has 1 aliphatic heterocycles. The molecule has 6 heteroatoms. The Hall–Kier alpha value is -4.97. The standard InChI is InChI=1S/C41H42N3O3/c1-27-43(35-14-7-8-15-36(35)44(27)25-28-17-18-29-11-5-6-12-30(29)21-28)20-10-19-42-26-32-22-31-23-38(46-3)39(47-4)24-34(31)40(32)33-13-9-16-37(45-2)41(33)42/h5-9,11-18,21,23-24,32,40H,10,19-20,22,25-26H2,1-4H3/q+1/t32-,40-/m0/s1. The first-order chi connectivity index (χ1) is 23.1. The first-order valence-electron chi connectivity index (χ1n) is 16.7. The van der Waals surface area contributed by atoms with Crippen molar-refractivity contribution in [1.82, 2.24) is 4.57 Å². The fourth-order valence-corrected chi connectivity index (χ4v) is 8.36. The molecule has 6 aromatic rings. The molecule has 5 aromatic carbocycles. The summed E-state index contributed by atoms with van der Waals surface area (Å²) in [5.41, 5.74) is 9.18. The van der Waals surface area contributed by atoms with Crippen molar-refractivity contribution < 1.29 is 18.8 Å². The largest absolute Gasteiger partial charge is 0.495 e. The summed E-state index contributed by atoms with van der Waals surface area (Å²) in [5, 5.41) is 2.57. The number of methoxy groups -OCH3 is 3. The SMILES string of the molecule is COc1cc2c(cc1OC)[C@@H]1c3cccc(OC)c3N(CCCn3c(C)[n+](Cc4ccc5ccccc5c4)c4ccccc43)C[C@@H]1C2. The van der Waals surface area contributed by atoms with E-state index in [-0.39, 0.29) is 0 Å². The summed E-state index contributed by atoms with van der Waals surface area (Å²) < 4.78 is 22.4. The Morgan fingerprint density at radius 1 is 0.723 bits per heavy atom. The first-order valence-corrected chi connectivity index (χ1v) is 16.7. The van der Waals surface area contributed by atoms with Crippen LogP contribution >= 0.6 is 0 Å². The molecule has 0 unspecified atom stereocenters. The summed E-state index contributed by atoms with van der Waals surface area (Å²) in [6.45, 7) is 6.00. The van der Waals surface area contributed by atoms with Crippen molar-refractivity contribution in [3.63, 3.8) is 0 Å². The lowest BCUT2D eigenvalue weighted by atomic mass is 9.81. The van der Waals surface area contributed by atoms with E-state index in [1.165, 1.54) is 55.6 Å². The molecule has 1 aromatic heterocycles. The predicted octanol–water partition coefficient (Wildman–Crippen LogP) is 7.68. The molecule has 6 nitrogen and oxygen atoms in total. The van der Waals surface area contributed by atoms with Crippen LogP contribution in [0.1, 0.15) is 40.4 Å². The van der Waals surface area contributed by atoms with Gasteiger partial charge in [0.25, 0.3) is 5.82 Å². The van der Waals surface area contributed by atoms with Gasteiger partial charge in [-0.15, -0.1) is 0 Å². The average molecular weight is 625 g/mol. The van der Waals surface area contributed by atoms with Crippen molar-refractivity contribution in [2.45, 2.75) is 38.8 Å². The third-order valence-electron chi connectivity index (χ3n) is 10.5. The van der Waals surface area contributed by atoms with Crippen molar-refractivity contribution in [1.29, 1.82) is 0 Å². The van der Waals surface area contributed by atoms with Gasteiger partial charge < -0.3 is 19.1 Å². The highest BCUT2D eigenvalue weighted by molar-refractivity contribution is 5.83. The third-order valence-corrected chi connectivity index (χ3v) is 10.5. The molecule has 1 aliphatic carbocycles. The van der Waals surface area contributed by atoms with E-state index in [0.29, 0.717) is 11.8 Å². The molecule has 2 heterocycles. The molecule has 0 amide bonds. The second kappa shape index (κ2) is 12.0. The maximum atomic E-state index is 5.99. The molecule has 0 fully saturated rings. The maximum Gasteiger partial charge on any atom is 0.254 e. The second-order valence-electron chi connectivity index (χ2n) is 13.0. The molecule has 8 rings (SSSR count). The Bertz CT molecular complexity index is 2120. The van der Waals surface area contributed by atoms with E-state index in [4.69, 9.17) is 14.2 Å². The minimum Gasteiger partial charge on any atom is -0.495 e. The number of imidazole rings is 1. The van der Waals surface area contributed by atoms with Crippen LogP contribution in [0.5, 0.6) is 17.2 Å². The first kappa shape index (κ1) is 29.4. The maximum absolute atomic E-state index is 5.99. The number of ether oxygens (including phenoxy) is 3. The van der Waals surface area contributed by atoms with Gasteiger partial charge in [-0.2, -0.15) is 0 Å². The van der Waals surface area contributed by atoms with E-state index in [1.807, 2.05) is 0 Å². The Kier molecular flexibility index (Phi) is 7.51.